The number of carbonyl (C=O) groups is 2. The van der Waals surface area contributed by atoms with E-state index in [9.17, 15) is 14.7 Å². The van der Waals surface area contributed by atoms with Crippen LogP contribution in [0, 0.1) is 0 Å². The highest BCUT2D eigenvalue weighted by molar-refractivity contribution is 6.00. The maximum Gasteiger partial charge on any atom is 0.254 e. The van der Waals surface area contributed by atoms with Gasteiger partial charge < -0.3 is 19.5 Å². The number of fused-ring (bicyclic) bond motifs is 1. The lowest BCUT2D eigenvalue weighted by Crippen LogP contribution is -2.51. The zero-order valence-electron chi connectivity index (χ0n) is 15.3. The molecule has 2 aromatic rings. The first-order chi connectivity index (χ1) is 13.1. The molecule has 5 nitrogen and oxygen atoms in total. The number of amides is 1. The molecule has 1 heterocycles. The summed E-state index contributed by atoms with van der Waals surface area (Å²) in [6.07, 6.45) is 3.92. The van der Waals surface area contributed by atoms with E-state index >= 15 is 0 Å². The van der Waals surface area contributed by atoms with E-state index in [-0.39, 0.29) is 11.9 Å². The number of aliphatic carboxylic acids is 1. The lowest BCUT2D eigenvalue weighted by molar-refractivity contribution is -0.309. The summed E-state index contributed by atoms with van der Waals surface area (Å²) in [6, 6.07) is 13.8. The summed E-state index contributed by atoms with van der Waals surface area (Å²) >= 11 is 0. The molecule has 140 valence electrons. The van der Waals surface area contributed by atoms with Gasteiger partial charge >= 0.3 is 0 Å². The second-order valence-electron chi connectivity index (χ2n) is 7.25. The minimum absolute atomic E-state index is 0.0554. The van der Waals surface area contributed by atoms with Crippen LogP contribution in [0.2, 0.25) is 0 Å². The van der Waals surface area contributed by atoms with Gasteiger partial charge in [0.1, 0.15) is 5.75 Å². The van der Waals surface area contributed by atoms with Crippen LogP contribution in [-0.4, -0.2) is 29.9 Å². The van der Waals surface area contributed by atoms with Gasteiger partial charge in [0.05, 0.1) is 19.1 Å². The molecule has 1 saturated carbocycles. The Morgan fingerprint density at radius 1 is 1.07 bits per heavy atom. The van der Waals surface area contributed by atoms with Gasteiger partial charge in [0.25, 0.3) is 5.91 Å². The van der Waals surface area contributed by atoms with Crippen LogP contribution < -0.4 is 9.84 Å². The Morgan fingerprint density at radius 3 is 2.37 bits per heavy atom. The van der Waals surface area contributed by atoms with E-state index in [1.165, 1.54) is 0 Å². The highest BCUT2D eigenvalue weighted by atomic mass is 16.5. The molecule has 2 atom stereocenters. The van der Waals surface area contributed by atoms with E-state index in [4.69, 9.17) is 4.74 Å². The molecule has 0 radical (unpaired) electrons. The molecule has 5 heteroatoms. The molecule has 27 heavy (non-hydrogen) atoms. The van der Waals surface area contributed by atoms with E-state index in [0.29, 0.717) is 16.9 Å². The van der Waals surface area contributed by atoms with E-state index in [1.807, 2.05) is 12.1 Å². The molecule has 0 spiro atoms. The Bertz CT molecular complexity index is 855. The van der Waals surface area contributed by atoms with Crippen molar-refractivity contribution in [3.05, 3.63) is 65.2 Å². The lowest BCUT2D eigenvalue weighted by Gasteiger charge is -2.46. The Kier molecular flexibility index (Phi) is 4.60. The summed E-state index contributed by atoms with van der Waals surface area (Å²) < 4.78 is 5.23. The van der Waals surface area contributed by atoms with Crippen LogP contribution >= 0.6 is 0 Å². The van der Waals surface area contributed by atoms with Gasteiger partial charge in [-0.05, 0) is 42.2 Å². The third kappa shape index (κ3) is 2.97. The number of carbonyl (C=O) groups excluding carboxylic acids is 2. The molecule has 1 fully saturated rings. The van der Waals surface area contributed by atoms with Crippen molar-refractivity contribution in [2.24, 2.45) is 0 Å². The second-order valence-corrected chi connectivity index (χ2v) is 7.25. The number of carboxylic acid groups (broad SMARTS) is 1. The van der Waals surface area contributed by atoms with Gasteiger partial charge in [0.2, 0.25) is 0 Å². The Labute approximate surface area is 158 Å². The molecule has 1 amide bonds. The van der Waals surface area contributed by atoms with Gasteiger partial charge in [-0.1, -0.05) is 43.2 Å². The van der Waals surface area contributed by atoms with Crippen LogP contribution in [0.15, 0.2) is 48.5 Å². The van der Waals surface area contributed by atoms with Crippen LogP contribution in [-0.2, 0) is 4.79 Å². The average molecular weight is 364 g/mol. The van der Waals surface area contributed by atoms with E-state index < -0.39 is 17.9 Å². The zero-order chi connectivity index (χ0) is 19.0. The van der Waals surface area contributed by atoms with Gasteiger partial charge in [-0.25, -0.2) is 0 Å². The zero-order valence-corrected chi connectivity index (χ0v) is 15.3. The quantitative estimate of drug-likeness (QED) is 0.836. The molecule has 0 aromatic heterocycles. The topological polar surface area (TPSA) is 69.7 Å². The van der Waals surface area contributed by atoms with Gasteiger partial charge in [0.15, 0.2) is 0 Å². The first kappa shape index (κ1) is 17.6. The minimum Gasteiger partial charge on any atom is -0.549 e. The molecule has 1 aliphatic carbocycles. The smallest absolute Gasteiger partial charge is 0.254 e. The monoisotopic (exact) mass is 364 g/mol. The summed E-state index contributed by atoms with van der Waals surface area (Å²) in [6.45, 7) is 0. The Hall–Kier alpha value is -2.82. The second kappa shape index (κ2) is 7.06. The lowest BCUT2D eigenvalue weighted by atomic mass is 9.79. The van der Waals surface area contributed by atoms with E-state index in [1.54, 1.807) is 48.4 Å². The van der Waals surface area contributed by atoms with Crippen LogP contribution in [0.4, 0.5) is 0 Å². The number of ether oxygens (including phenoxy) is 1. The van der Waals surface area contributed by atoms with Crippen molar-refractivity contribution >= 4 is 11.9 Å². The van der Waals surface area contributed by atoms with Crippen LogP contribution in [0.3, 0.4) is 0 Å². The molecule has 0 bridgehead atoms. The fraction of sp³-hybridized carbons (Fsp3) is 0.364. The highest BCUT2D eigenvalue weighted by Crippen LogP contribution is 2.45. The highest BCUT2D eigenvalue weighted by Gasteiger charge is 2.44. The number of rotatable bonds is 4. The van der Waals surface area contributed by atoms with Crippen molar-refractivity contribution in [2.45, 2.75) is 43.7 Å². The first-order valence-electron chi connectivity index (χ1n) is 9.38. The standard InChI is InChI=1S/C22H23NO4/c1-27-16-12-10-14(11-13-16)20-19(22(25)26)17-8-4-5-9-18(17)21(24)23(20)15-6-2-3-7-15/h4-5,8-13,15,19-20H,2-3,6-7H2,1H3,(H,25,26)/p-1/t19-,20+/m1/s1. The van der Waals surface area contributed by atoms with Gasteiger partial charge in [-0.2, -0.15) is 0 Å². The fourth-order valence-corrected chi connectivity index (χ4v) is 4.54. The first-order valence-corrected chi connectivity index (χ1v) is 9.38. The number of nitrogens with zero attached hydrogens (tertiary/aromatic N) is 1. The third-order valence-electron chi connectivity index (χ3n) is 5.81. The number of methoxy groups -OCH3 is 1. The van der Waals surface area contributed by atoms with Crippen molar-refractivity contribution in [2.75, 3.05) is 7.11 Å². The molecule has 0 N–H and O–H groups in total. The fourth-order valence-electron chi connectivity index (χ4n) is 4.54. The molecular formula is C22H22NO4-. The summed E-state index contributed by atoms with van der Waals surface area (Å²) in [4.78, 5) is 27.4. The normalized spacial score (nSPS) is 22.6. The van der Waals surface area contributed by atoms with E-state index in [0.717, 1.165) is 31.2 Å². The van der Waals surface area contributed by atoms with Gasteiger partial charge in [-0.15, -0.1) is 0 Å². The predicted octanol–water partition coefficient (Wildman–Crippen LogP) is 2.67. The number of benzene rings is 2. The third-order valence-corrected chi connectivity index (χ3v) is 5.81. The molecule has 2 aromatic carbocycles. The number of hydrogen-bond acceptors (Lipinski definition) is 4. The van der Waals surface area contributed by atoms with Crippen molar-refractivity contribution in [1.82, 2.24) is 4.90 Å². The summed E-state index contributed by atoms with van der Waals surface area (Å²) in [5.41, 5.74) is 1.81. The number of hydrogen-bond donors (Lipinski definition) is 0. The molecule has 2 aliphatic rings. The summed E-state index contributed by atoms with van der Waals surface area (Å²) in [5.74, 6) is -1.44. The number of carboxylic acids is 1. The van der Waals surface area contributed by atoms with Crippen molar-refractivity contribution in [3.8, 4) is 5.75 Å². The molecule has 0 saturated heterocycles. The average Bonchev–Trinajstić information content (AvgIpc) is 3.22. The Balaban J connectivity index is 1.88. The molecule has 1 aliphatic heterocycles. The summed E-state index contributed by atoms with van der Waals surface area (Å²) in [7, 11) is 1.59. The predicted molar refractivity (Wildman–Crippen MR) is 98.4 cm³/mol. The van der Waals surface area contributed by atoms with Crippen LogP contribution in [0.5, 0.6) is 5.75 Å². The van der Waals surface area contributed by atoms with Crippen LogP contribution in [0.1, 0.15) is 59.1 Å². The Morgan fingerprint density at radius 2 is 1.74 bits per heavy atom. The van der Waals surface area contributed by atoms with Crippen LogP contribution in [0.25, 0.3) is 0 Å². The molecular weight excluding hydrogens is 342 g/mol. The van der Waals surface area contributed by atoms with Crippen molar-refractivity contribution in [1.29, 1.82) is 0 Å². The largest absolute Gasteiger partial charge is 0.549 e. The van der Waals surface area contributed by atoms with Gasteiger partial charge in [0, 0.05) is 17.5 Å². The maximum absolute atomic E-state index is 13.4. The van der Waals surface area contributed by atoms with Gasteiger partial charge in [-0.3, -0.25) is 4.79 Å². The summed E-state index contributed by atoms with van der Waals surface area (Å²) in [5, 5.41) is 12.2. The maximum atomic E-state index is 13.4. The molecule has 0 unspecified atom stereocenters. The SMILES string of the molecule is COc1ccc([C@H]2[C@H](C(=O)[O-])c3ccccc3C(=O)N2C2CCCC2)cc1. The molecule has 4 rings (SSSR count). The van der Waals surface area contributed by atoms with Crippen molar-refractivity contribution < 1.29 is 19.4 Å². The van der Waals surface area contributed by atoms with E-state index in [2.05, 4.69) is 0 Å². The minimum atomic E-state index is -1.15. The van der Waals surface area contributed by atoms with Crippen molar-refractivity contribution in [3.63, 3.8) is 0 Å².